The molecule has 1 amide bonds. The van der Waals surface area contributed by atoms with Crippen molar-refractivity contribution < 1.29 is 19.6 Å². The predicted octanol–water partition coefficient (Wildman–Crippen LogP) is 5.19. The van der Waals surface area contributed by atoms with E-state index in [1.807, 2.05) is 36.4 Å². The number of benzene rings is 3. The van der Waals surface area contributed by atoms with Crippen molar-refractivity contribution in [3.63, 3.8) is 0 Å². The number of hydrogen-bond donors (Lipinski definition) is 2. The molecule has 3 aromatic rings. The van der Waals surface area contributed by atoms with Crippen molar-refractivity contribution >= 4 is 39.3 Å². The zero-order chi connectivity index (χ0) is 23.1. The van der Waals surface area contributed by atoms with Crippen molar-refractivity contribution in [1.29, 1.82) is 5.26 Å². The molecule has 0 aliphatic carbocycles. The van der Waals surface area contributed by atoms with Crippen molar-refractivity contribution in [1.82, 2.24) is 0 Å². The van der Waals surface area contributed by atoms with E-state index >= 15 is 0 Å². The number of non-ortho nitro benzene ring substituents is 1. The lowest BCUT2D eigenvalue weighted by molar-refractivity contribution is -0.384. The maximum atomic E-state index is 12.4. The highest BCUT2D eigenvalue weighted by Gasteiger charge is 2.15. The third-order valence-corrected chi connectivity index (χ3v) is 4.93. The van der Waals surface area contributed by atoms with Gasteiger partial charge < -0.3 is 15.2 Å². The van der Waals surface area contributed by atoms with Crippen LogP contribution >= 0.6 is 15.9 Å². The highest BCUT2D eigenvalue weighted by molar-refractivity contribution is 9.10. The summed E-state index contributed by atoms with van der Waals surface area (Å²) in [5.41, 5.74) is 1.00. The summed E-state index contributed by atoms with van der Waals surface area (Å²) < 4.78 is 6.43. The molecule has 32 heavy (non-hydrogen) atoms. The number of phenols is 1. The average Bonchev–Trinajstić information content (AvgIpc) is 2.78. The van der Waals surface area contributed by atoms with E-state index in [0.29, 0.717) is 22.4 Å². The molecule has 0 spiro atoms. The predicted molar refractivity (Wildman–Crippen MR) is 122 cm³/mol. The first kappa shape index (κ1) is 22.5. The van der Waals surface area contributed by atoms with Crippen LogP contribution in [-0.2, 0) is 11.4 Å². The fourth-order valence-electron chi connectivity index (χ4n) is 2.70. The number of carbonyl (C=O) groups excluding carboxylic acids is 1. The van der Waals surface area contributed by atoms with Crippen molar-refractivity contribution in [3.05, 3.63) is 98.0 Å². The molecule has 0 saturated carbocycles. The van der Waals surface area contributed by atoms with E-state index in [4.69, 9.17) is 4.74 Å². The fourth-order valence-corrected chi connectivity index (χ4v) is 3.21. The lowest BCUT2D eigenvalue weighted by Gasteiger charge is -2.09. The van der Waals surface area contributed by atoms with Gasteiger partial charge in [-0.1, -0.05) is 36.4 Å². The summed E-state index contributed by atoms with van der Waals surface area (Å²) in [7, 11) is 0. The Labute approximate surface area is 191 Å². The minimum Gasteiger partial charge on any atom is -0.506 e. The molecule has 160 valence electrons. The van der Waals surface area contributed by atoms with E-state index in [2.05, 4.69) is 21.2 Å². The Balaban J connectivity index is 1.72. The number of ether oxygens (including phenoxy) is 1. The molecular formula is C23H16BrN3O5. The second kappa shape index (κ2) is 10.2. The Hall–Kier alpha value is -4.16. The van der Waals surface area contributed by atoms with Gasteiger partial charge in [-0.2, -0.15) is 5.26 Å². The molecule has 0 aliphatic rings. The number of aromatic hydroxyl groups is 1. The average molecular weight is 494 g/mol. The quantitative estimate of drug-likeness (QED) is 0.153. The number of nitriles is 1. The van der Waals surface area contributed by atoms with Gasteiger partial charge in [0.15, 0.2) is 0 Å². The van der Waals surface area contributed by atoms with Crippen molar-refractivity contribution in [2.24, 2.45) is 0 Å². The summed E-state index contributed by atoms with van der Waals surface area (Å²) in [4.78, 5) is 22.5. The zero-order valence-electron chi connectivity index (χ0n) is 16.5. The van der Waals surface area contributed by atoms with Gasteiger partial charge in [0.05, 0.1) is 21.1 Å². The minimum atomic E-state index is -0.767. The Morgan fingerprint density at radius 2 is 1.94 bits per heavy atom. The molecule has 3 rings (SSSR count). The summed E-state index contributed by atoms with van der Waals surface area (Å²) in [6.07, 6.45) is 1.38. The van der Waals surface area contributed by atoms with Crippen LogP contribution in [0.25, 0.3) is 6.08 Å². The number of nitrogens with one attached hydrogen (secondary N) is 1. The monoisotopic (exact) mass is 493 g/mol. The number of nitro benzene ring substituents is 1. The van der Waals surface area contributed by atoms with Crippen LogP contribution in [0.4, 0.5) is 11.4 Å². The summed E-state index contributed by atoms with van der Waals surface area (Å²) in [5, 5.41) is 32.4. The number of carbonyl (C=O) groups is 1. The van der Waals surface area contributed by atoms with E-state index in [1.165, 1.54) is 12.1 Å². The lowest BCUT2D eigenvalue weighted by atomic mass is 10.1. The maximum Gasteiger partial charge on any atom is 0.273 e. The first-order valence-electron chi connectivity index (χ1n) is 9.24. The third-order valence-electron chi connectivity index (χ3n) is 4.31. The maximum absolute atomic E-state index is 12.4. The van der Waals surface area contributed by atoms with E-state index < -0.39 is 16.6 Å². The van der Waals surface area contributed by atoms with Gasteiger partial charge in [0.25, 0.3) is 11.6 Å². The molecule has 0 radical (unpaired) electrons. The van der Waals surface area contributed by atoms with Crippen LogP contribution in [-0.4, -0.2) is 15.9 Å². The van der Waals surface area contributed by atoms with Gasteiger partial charge in [0.2, 0.25) is 0 Å². The normalized spacial score (nSPS) is 10.8. The second-order valence-electron chi connectivity index (χ2n) is 6.55. The molecule has 0 unspecified atom stereocenters. The second-order valence-corrected chi connectivity index (χ2v) is 7.40. The number of nitro groups is 1. The highest BCUT2D eigenvalue weighted by atomic mass is 79.9. The summed E-state index contributed by atoms with van der Waals surface area (Å²) in [5.74, 6) is -0.644. The first-order chi connectivity index (χ1) is 15.4. The number of nitrogens with zero attached hydrogens (tertiary/aromatic N) is 2. The van der Waals surface area contributed by atoms with Gasteiger partial charge in [0, 0.05) is 6.07 Å². The fraction of sp³-hybridized carbons (Fsp3) is 0.0435. The molecule has 9 heteroatoms. The number of hydrogen-bond acceptors (Lipinski definition) is 6. The van der Waals surface area contributed by atoms with Crippen molar-refractivity contribution in [2.75, 3.05) is 5.32 Å². The highest BCUT2D eigenvalue weighted by Crippen LogP contribution is 2.29. The van der Waals surface area contributed by atoms with Gasteiger partial charge in [-0.05, 0) is 51.3 Å². The van der Waals surface area contributed by atoms with Crippen LogP contribution < -0.4 is 10.1 Å². The molecule has 0 aliphatic heterocycles. The summed E-state index contributed by atoms with van der Waals surface area (Å²) >= 11 is 3.43. The Kier molecular flexibility index (Phi) is 7.21. The van der Waals surface area contributed by atoms with Crippen molar-refractivity contribution in [3.8, 4) is 17.6 Å². The van der Waals surface area contributed by atoms with Gasteiger partial charge >= 0.3 is 0 Å². The number of anilines is 1. The van der Waals surface area contributed by atoms with E-state index in [-0.39, 0.29) is 16.9 Å². The standard InChI is InChI=1S/C23H16BrN3O5/c24-19-11-16(6-9-22(19)32-14-15-4-2-1-3-5-15)10-17(13-25)23(29)26-20-8-7-18(27(30)31)12-21(20)28/h1-12,28H,14H2,(H,26,29). The topological polar surface area (TPSA) is 125 Å². The third kappa shape index (κ3) is 5.71. The van der Waals surface area contributed by atoms with Gasteiger partial charge in [-0.15, -0.1) is 0 Å². The van der Waals surface area contributed by atoms with Crippen LogP contribution in [0.3, 0.4) is 0 Å². The van der Waals surface area contributed by atoms with E-state index in [9.17, 15) is 25.3 Å². The molecule has 0 atom stereocenters. The van der Waals surface area contributed by atoms with Crippen molar-refractivity contribution in [2.45, 2.75) is 6.61 Å². The molecule has 0 heterocycles. The molecular weight excluding hydrogens is 478 g/mol. The van der Waals surface area contributed by atoms with E-state index in [1.54, 1.807) is 18.2 Å². The molecule has 0 aromatic heterocycles. The number of rotatable bonds is 7. The Bertz CT molecular complexity index is 1240. The summed E-state index contributed by atoms with van der Waals surface area (Å²) in [6.45, 7) is 0.388. The smallest absolute Gasteiger partial charge is 0.273 e. The minimum absolute atomic E-state index is 0.0485. The Morgan fingerprint density at radius 1 is 1.19 bits per heavy atom. The SMILES string of the molecule is N#CC(=Cc1ccc(OCc2ccccc2)c(Br)c1)C(=O)Nc1ccc([N+](=O)[O-])cc1O. The number of amides is 1. The lowest BCUT2D eigenvalue weighted by Crippen LogP contribution is -2.13. The number of phenolic OH excluding ortho intramolecular Hbond substituents is 1. The Morgan fingerprint density at radius 3 is 2.56 bits per heavy atom. The van der Waals surface area contributed by atoms with Crippen LogP contribution in [0.15, 0.2) is 76.8 Å². The van der Waals surface area contributed by atoms with E-state index in [0.717, 1.165) is 17.7 Å². The molecule has 0 bridgehead atoms. The van der Waals surface area contributed by atoms with Crippen LogP contribution in [0.1, 0.15) is 11.1 Å². The zero-order valence-corrected chi connectivity index (χ0v) is 18.1. The largest absolute Gasteiger partial charge is 0.506 e. The molecule has 0 saturated heterocycles. The van der Waals surface area contributed by atoms with Crippen LogP contribution in [0.5, 0.6) is 11.5 Å². The van der Waals surface area contributed by atoms with Crippen LogP contribution in [0.2, 0.25) is 0 Å². The molecule has 8 nitrogen and oxygen atoms in total. The van der Waals surface area contributed by atoms with Gasteiger partial charge in [-0.3, -0.25) is 14.9 Å². The van der Waals surface area contributed by atoms with Gasteiger partial charge in [-0.25, -0.2) is 0 Å². The molecule has 0 fully saturated rings. The summed E-state index contributed by atoms with van der Waals surface area (Å²) in [6, 6.07) is 19.8. The molecule has 2 N–H and O–H groups in total. The van der Waals surface area contributed by atoms with Gasteiger partial charge in [0.1, 0.15) is 29.7 Å². The van der Waals surface area contributed by atoms with Crippen LogP contribution in [0, 0.1) is 21.4 Å². The molecule has 3 aromatic carbocycles. The number of halogens is 1. The first-order valence-corrected chi connectivity index (χ1v) is 10.0.